The van der Waals surface area contributed by atoms with Gasteiger partial charge in [-0.3, -0.25) is 4.68 Å². The van der Waals surface area contributed by atoms with Gasteiger partial charge in [-0.05, 0) is 13.8 Å². The molecule has 1 aromatic rings. The maximum Gasteiger partial charge on any atom is 0.319 e. The van der Waals surface area contributed by atoms with Crippen LogP contribution in [-0.2, 0) is 13.6 Å². The van der Waals surface area contributed by atoms with E-state index >= 15 is 0 Å². The lowest BCUT2D eigenvalue weighted by molar-refractivity contribution is -0.125. The van der Waals surface area contributed by atoms with Crippen molar-refractivity contribution in [1.82, 2.24) is 15.1 Å². The van der Waals surface area contributed by atoms with Gasteiger partial charge in [0.25, 0.3) is 0 Å². The number of hydrogen-bond acceptors (Lipinski definition) is 2. The monoisotopic (exact) mass is 253 g/mol. The average molecular weight is 253 g/mol. The summed E-state index contributed by atoms with van der Waals surface area (Å²) in [6, 6.07) is 0. The van der Waals surface area contributed by atoms with E-state index < -0.39 is 18.9 Å². The van der Waals surface area contributed by atoms with Crippen molar-refractivity contribution in [2.24, 2.45) is 7.05 Å². The number of rotatable bonds is 5. The van der Waals surface area contributed by atoms with Crippen LogP contribution in [-0.4, -0.2) is 28.7 Å². The molecule has 0 fully saturated rings. The van der Waals surface area contributed by atoms with E-state index in [9.17, 15) is 17.6 Å². The minimum absolute atomic E-state index is 0.105. The molecule has 7 heteroatoms. The number of aryl methyl sites for hydroxylation is 2. The van der Waals surface area contributed by atoms with Crippen LogP contribution < -0.4 is 5.32 Å². The van der Waals surface area contributed by atoms with Crippen LogP contribution in [0.15, 0.2) is 0 Å². The maximum atomic E-state index is 12.6. The molecule has 0 aliphatic carbocycles. The van der Waals surface area contributed by atoms with Crippen LogP contribution in [0.2, 0.25) is 0 Å². The van der Waals surface area contributed by atoms with E-state index in [1.54, 1.807) is 25.6 Å². The summed E-state index contributed by atoms with van der Waals surface area (Å²) in [6.45, 7) is 2.60. The third kappa shape index (κ3) is 3.18. The second-order valence-electron chi connectivity index (χ2n) is 3.94. The van der Waals surface area contributed by atoms with Crippen LogP contribution >= 0.6 is 0 Å². The van der Waals surface area contributed by atoms with Gasteiger partial charge in [0.2, 0.25) is 0 Å². The van der Waals surface area contributed by atoms with Crippen LogP contribution in [0.1, 0.15) is 17.0 Å². The molecule has 1 rings (SSSR count). The molecule has 0 unspecified atom stereocenters. The summed E-state index contributed by atoms with van der Waals surface area (Å²) in [6.07, 6.45) is -3.65. The molecule has 0 atom stereocenters. The molecule has 1 aromatic heterocycles. The minimum atomic E-state index is -4.00. The first-order chi connectivity index (χ1) is 7.75. The van der Waals surface area contributed by atoms with Crippen molar-refractivity contribution in [2.75, 3.05) is 6.54 Å². The van der Waals surface area contributed by atoms with E-state index in [1.165, 1.54) is 0 Å². The zero-order valence-electron chi connectivity index (χ0n) is 9.90. The van der Waals surface area contributed by atoms with Crippen LogP contribution in [0, 0.1) is 13.8 Å². The highest BCUT2D eigenvalue weighted by Gasteiger charge is 2.40. The topological polar surface area (TPSA) is 29.9 Å². The smallest absolute Gasteiger partial charge is 0.307 e. The molecule has 0 saturated carbocycles. The van der Waals surface area contributed by atoms with E-state index in [0.29, 0.717) is 5.69 Å². The largest absolute Gasteiger partial charge is 0.319 e. The molecule has 1 heterocycles. The van der Waals surface area contributed by atoms with Gasteiger partial charge >= 0.3 is 12.3 Å². The third-order valence-corrected chi connectivity index (χ3v) is 2.64. The van der Waals surface area contributed by atoms with Gasteiger partial charge in [0, 0.05) is 24.8 Å². The van der Waals surface area contributed by atoms with Crippen LogP contribution in [0.25, 0.3) is 0 Å². The van der Waals surface area contributed by atoms with Crippen LogP contribution in [0.4, 0.5) is 17.6 Å². The number of halogens is 4. The van der Waals surface area contributed by atoms with Gasteiger partial charge in [-0.25, -0.2) is 8.78 Å². The Morgan fingerprint density at radius 1 is 1.35 bits per heavy atom. The Kier molecular flexibility index (Phi) is 4.13. The molecule has 17 heavy (non-hydrogen) atoms. The highest BCUT2D eigenvalue weighted by Crippen LogP contribution is 2.21. The Morgan fingerprint density at radius 3 is 2.35 bits per heavy atom. The van der Waals surface area contributed by atoms with Crippen molar-refractivity contribution in [3.8, 4) is 0 Å². The van der Waals surface area contributed by atoms with Crippen molar-refractivity contribution in [3.63, 3.8) is 0 Å². The normalized spacial score (nSPS) is 12.5. The van der Waals surface area contributed by atoms with E-state index in [2.05, 4.69) is 10.4 Å². The van der Waals surface area contributed by atoms with Gasteiger partial charge in [0.05, 0.1) is 12.2 Å². The zero-order valence-corrected chi connectivity index (χ0v) is 9.90. The minimum Gasteiger partial charge on any atom is -0.307 e. The molecule has 0 spiro atoms. The molecule has 0 aromatic carbocycles. The first-order valence-electron chi connectivity index (χ1n) is 5.11. The van der Waals surface area contributed by atoms with Crippen LogP contribution in [0.5, 0.6) is 0 Å². The van der Waals surface area contributed by atoms with Crippen molar-refractivity contribution >= 4 is 0 Å². The van der Waals surface area contributed by atoms with Gasteiger partial charge < -0.3 is 5.32 Å². The second kappa shape index (κ2) is 5.03. The molecule has 0 saturated heterocycles. The number of nitrogens with one attached hydrogen (secondary N) is 1. The lowest BCUT2D eigenvalue weighted by atomic mass is 10.2. The molecule has 0 aliphatic heterocycles. The zero-order chi connectivity index (χ0) is 13.2. The maximum absolute atomic E-state index is 12.6. The van der Waals surface area contributed by atoms with Gasteiger partial charge in [-0.1, -0.05) is 0 Å². The molecule has 0 bridgehead atoms. The summed E-state index contributed by atoms with van der Waals surface area (Å²) in [4.78, 5) is 0. The molecular formula is C10H15F4N3. The third-order valence-electron chi connectivity index (χ3n) is 2.64. The molecule has 0 amide bonds. The first-order valence-corrected chi connectivity index (χ1v) is 5.11. The van der Waals surface area contributed by atoms with Crippen molar-refractivity contribution in [3.05, 3.63) is 17.0 Å². The Bertz CT molecular complexity index is 387. The quantitative estimate of drug-likeness (QED) is 0.814. The fourth-order valence-corrected chi connectivity index (χ4v) is 1.50. The Morgan fingerprint density at radius 2 is 1.94 bits per heavy atom. The summed E-state index contributed by atoms with van der Waals surface area (Å²) < 4.78 is 50.7. The summed E-state index contributed by atoms with van der Waals surface area (Å²) >= 11 is 0. The summed E-state index contributed by atoms with van der Waals surface area (Å²) in [5.74, 6) is -4.00. The summed E-state index contributed by atoms with van der Waals surface area (Å²) in [5, 5.41) is 6.44. The van der Waals surface area contributed by atoms with E-state index in [0.717, 1.165) is 11.3 Å². The van der Waals surface area contributed by atoms with E-state index in [4.69, 9.17) is 0 Å². The van der Waals surface area contributed by atoms with Gasteiger partial charge in [0.15, 0.2) is 0 Å². The lowest BCUT2D eigenvalue weighted by Gasteiger charge is -2.15. The summed E-state index contributed by atoms with van der Waals surface area (Å²) in [7, 11) is 1.74. The number of hydrogen-bond donors (Lipinski definition) is 1. The summed E-state index contributed by atoms with van der Waals surface area (Å²) in [5.41, 5.74) is 2.30. The molecule has 1 N–H and O–H groups in total. The molecular weight excluding hydrogens is 238 g/mol. The lowest BCUT2D eigenvalue weighted by Crippen LogP contribution is -2.38. The van der Waals surface area contributed by atoms with Crippen molar-refractivity contribution in [1.29, 1.82) is 0 Å². The second-order valence-corrected chi connectivity index (χ2v) is 3.94. The van der Waals surface area contributed by atoms with Crippen LogP contribution in [0.3, 0.4) is 0 Å². The standard InChI is InChI=1S/C10H15F4N3/c1-6-8(7(2)17(3)16-6)4-15-5-10(13,14)9(11)12/h9,15H,4-5H2,1-3H3. The Balaban J connectivity index is 2.57. The molecule has 0 aliphatic rings. The van der Waals surface area contributed by atoms with Gasteiger partial charge in [-0.15, -0.1) is 0 Å². The first kappa shape index (κ1) is 14.0. The van der Waals surface area contributed by atoms with Gasteiger partial charge in [0.1, 0.15) is 0 Å². The number of alkyl halides is 4. The van der Waals surface area contributed by atoms with E-state index in [1.807, 2.05) is 0 Å². The molecule has 98 valence electrons. The highest BCUT2D eigenvalue weighted by molar-refractivity contribution is 5.23. The number of nitrogens with zero attached hydrogens (tertiary/aromatic N) is 2. The highest BCUT2D eigenvalue weighted by atomic mass is 19.3. The average Bonchev–Trinajstić information content (AvgIpc) is 2.44. The van der Waals surface area contributed by atoms with Crippen molar-refractivity contribution < 1.29 is 17.6 Å². The van der Waals surface area contributed by atoms with Crippen molar-refractivity contribution in [2.45, 2.75) is 32.7 Å². The van der Waals surface area contributed by atoms with Gasteiger partial charge in [-0.2, -0.15) is 13.9 Å². The molecule has 3 nitrogen and oxygen atoms in total. The predicted molar refractivity (Wildman–Crippen MR) is 55.3 cm³/mol. The fraction of sp³-hybridized carbons (Fsp3) is 0.700. The SMILES string of the molecule is Cc1nn(C)c(C)c1CNCC(F)(F)C(F)F. The predicted octanol–water partition coefficient (Wildman–Crippen LogP) is 2.03. The Labute approximate surface area is 96.8 Å². The van der Waals surface area contributed by atoms with E-state index in [-0.39, 0.29) is 6.54 Å². The fourth-order valence-electron chi connectivity index (χ4n) is 1.50. The molecule has 0 radical (unpaired) electrons. The number of aromatic nitrogens is 2. The Hall–Kier alpha value is -1.11.